The Morgan fingerprint density at radius 3 is 1.01 bits per heavy atom. The summed E-state index contributed by atoms with van der Waals surface area (Å²) in [5, 5.41) is 0. The van der Waals surface area contributed by atoms with Crippen molar-refractivity contribution in [1.29, 1.82) is 0 Å². The second-order valence-corrected chi connectivity index (χ2v) is 34.8. The Labute approximate surface area is 438 Å². The monoisotopic (exact) mass is 1050 g/mol. The van der Waals surface area contributed by atoms with Crippen molar-refractivity contribution in [2.45, 2.75) is 170 Å². The molecule has 0 aliphatic heterocycles. The Bertz CT molecular complexity index is 2200. The van der Waals surface area contributed by atoms with E-state index >= 15 is 0 Å². The van der Waals surface area contributed by atoms with Gasteiger partial charge in [-0.3, -0.25) is 0 Å². The summed E-state index contributed by atoms with van der Waals surface area (Å²) in [7, 11) is 7.83. The fourth-order valence-electron chi connectivity index (χ4n) is 14.1. The van der Waals surface area contributed by atoms with Gasteiger partial charge < -0.3 is 14.9 Å². The van der Waals surface area contributed by atoms with E-state index in [-0.39, 0.29) is 36.5 Å². The number of rotatable bonds is 6. The van der Waals surface area contributed by atoms with Gasteiger partial charge in [-0.05, 0) is 162 Å². The van der Waals surface area contributed by atoms with Crippen molar-refractivity contribution in [2.75, 3.05) is 0 Å². The molecule has 0 saturated heterocycles. The zero-order chi connectivity index (χ0) is 48.3. The van der Waals surface area contributed by atoms with Gasteiger partial charge in [-0.25, -0.2) is 0 Å². The predicted octanol–water partition coefficient (Wildman–Crippen LogP) is 20.3. The molecule has 68 heavy (non-hydrogen) atoms. The quantitative estimate of drug-likeness (QED) is 0.200. The van der Waals surface area contributed by atoms with Gasteiger partial charge in [0.2, 0.25) is 0 Å². The SMILES string of the molecule is C[C@@H]1C[C@@H]2C(C3=CC=C(C(C)(C)C)CC3)=CC=C(c3ccc(C(C)(C)C)cc3)[C@@H]2C1[Si](C)(C)C1[C@H](C)C[C@@H]2C(C3=CC=C(C(C)(C)C)CC3)=CC=C(c3ccc(C(C)(C)C)cc3)[C@H]12.[CH3-].[CH3-].[Cl][Zr+2][Cl]. The summed E-state index contributed by atoms with van der Waals surface area (Å²) < 4.78 is 0. The van der Waals surface area contributed by atoms with E-state index in [1.54, 1.807) is 44.6 Å². The Balaban J connectivity index is 0.00000168. The molecule has 368 valence electrons. The molecular formula is C64H90Cl2SiZr. The van der Waals surface area contributed by atoms with Crippen molar-refractivity contribution in [1.82, 2.24) is 0 Å². The zero-order valence-corrected chi connectivity index (χ0v) is 50.8. The molecule has 2 aromatic rings. The first-order chi connectivity index (χ1) is 30.8. The summed E-state index contributed by atoms with van der Waals surface area (Å²) >= 11 is -0.826. The molecule has 0 nitrogen and oxygen atoms in total. The summed E-state index contributed by atoms with van der Waals surface area (Å²) in [5.74, 6) is 3.58. The van der Waals surface area contributed by atoms with E-state index < -0.39 is 28.9 Å². The molecule has 0 bridgehead atoms. The molecule has 0 heterocycles. The minimum atomic E-state index is -2.04. The predicted molar refractivity (Wildman–Crippen MR) is 303 cm³/mol. The van der Waals surface area contributed by atoms with Gasteiger partial charge >= 0.3 is 37.9 Å². The summed E-state index contributed by atoms with van der Waals surface area (Å²) in [5.41, 5.74) is 20.8. The van der Waals surface area contributed by atoms with Crippen LogP contribution in [0.3, 0.4) is 0 Å². The van der Waals surface area contributed by atoms with Gasteiger partial charge in [0.25, 0.3) is 0 Å². The maximum absolute atomic E-state index is 4.93. The summed E-state index contributed by atoms with van der Waals surface area (Å²) in [6, 6.07) is 19.7. The van der Waals surface area contributed by atoms with Crippen LogP contribution in [0.5, 0.6) is 0 Å². The van der Waals surface area contributed by atoms with Crippen LogP contribution in [0.15, 0.2) is 131 Å². The van der Waals surface area contributed by atoms with Crippen molar-refractivity contribution in [3.63, 3.8) is 0 Å². The van der Waals surface area contributed by atoms with Crippen LogP contribution in [0.2, 0.25) is 24.2 Å². The van der Waals surface area contributed by atoms with Crippen LogP contribution >= 0.6 is 17.0 Å². The van der Waals surface area contributed by atoms with E-state index in [2.05, 4.69) is 207 Å². The van der Waals surface area contributed by atoms with Crippen LogP contribution in [-0.2, 0) is 31.7 Å². The van der Waals surface area contributed by atoms with Gasteiger partial charge in [0, 0.05) is 0 Å². The van der Waals surface area contributed by atoms with E-state index in [9.17, 15) is 0 Å². The van der Waals surface area contributed by atoms with Crippen molar-refractivity contribution < 1.29 is 20.8 Å². The Morgan fingerprint density at radius 2 is 0.750 bits per heavy atom. The molecule has 2 fully saturated rings. The van der Waals surface area contributed by atoms with E-state index in [4.69, 9.17) is 17.0 Å². The molecule has 6 aliphatic rings. The second kappa shape index (κ2) is 21.6. The van der Waals surface area contributed by atoms with Crippen molar-refractivity contribution in [3.05, 3.63) is 168 Å². The van der Waals surface area contributed by atoms with E-state index in [0.717, 1.165) is 0 Å². The molecular weight excluding hydrogens is 959 g/mol. The molecule has 8 rings (SSSR count). The molecule has 2 saturated carbocycles. The number of hydrogen-bond donors (Lipinski definition) is 0. The van der Waals surface area contributed by atoms with E-state index in [1.165, 1.54) is 60.8 Å². The number of hydrogen-bond acceptors (Lipinski definition) is 0. The molecule has 0 N–H and O–H groups in total. The van der Waals surface area contributed by atoms with Crippen LogP contribution in [-0.4, -0.2) is 8.07 Å². The average Bonchev–Trinajstić information content (AvgIpc) is 3.79. The molecule has 4 heteroatoms. The molecule has 0 amide bonds. The van der Waals surface area contributed by atoms with Crippen LogP contribution in [0.25, 0.3) is 11.1 Å². The molecule has 0 aromatic heterocycles. The van der Waals surface area contributed by atoms with Crippen LogP contribution in [0.1, 0.15) is 158 Å². The normalized spacial score (nSPS) is 27.3. The van der Waals surface area contributed by atoms with Gasteiger partial charge in [-0.15, -0.1) is 0 Å². The van der Waals surface area contributed by atoms with Gasteiger partial charge in [-0.2, -0.15) is 0 Å². The molecule has 2 unspecified atom stereocenters. The molecule has 0 radical (unpaired) electrons. The molecule has 0 spiro atoms. The number of allylic oxidation sites excluding steroid dienone is 16. The first kappa shape index (κ1) is 56.9. The topological polar surface area (TPSA) is 0 Å². The Kier molecular flexibility index (Phi) is 18.1. The Hall–Kier alpha value is -1.96. The number of fused-ring (bicyclic) bond motifs is 2. The second-order valence-electron chi connectivity index (χ2n) is 26.0. The molecule has 2 aromatic carbocycles. The van der Waals surface area contributed by atoms with Crippen LogP contribution in [0, 0.1) is 61.2 Å². The first-order valence-corrected chi connectivity index (χ1v) is 35.1. The summed E-state index contributed by atoms with van der Waals surface area (Å²) in [6.07, 6.45) is 27.8. The number of benzene rings is 2. The van der Waals surface area contributed by atoms with Gasteiger partial charge in [0.05, 0.1) is 8.07 Å². The van der Waals surface area contributed by atoms with Crippen molar-refractivity contribution >= 4 is 36.2 Å². The standard InChI is InChI=1S/C62H84Si.2CH3.2ClH.Zr/c1-39-37-53-49(41-17-25-45(26-18-41)59(3,4)5)33-35-51(43-21-29-47(30-22-43)61(9,10)11)55(53)57(39)63(15,16)58-40(2)38-54-50(42-19-27-46(28-20-42)60(6,7)8)34-36-52(56(54)58)44-23-31-48(32-24-44)62(12,13)14;;;;;/h17,19,21-25,27,29-36,39-40,53-58H,18,20,26,28,37-38H2,1-16H3;2*1H3;2*1H;/q;2*-1;;;+4/p-2/t39-,40-,53-,54-,55+,56+,57?,58?;;;;;/m1...../s1. The van der Waals surface area contributed by atoms with Crippen molar-refractivity contribution in [3.8, 4) is 0 Å². The zero-order valence-electron chi connectivity index (χ0n) is 45.9. The third-order valence-electron chi connectivity index (χ3n) is 17.4. The van der Waals surface area contributed by atoms with Gasteiger partial charge in [0.15, 0.2) is 0 Å². The minimum absolute atomic E-state index is 0. The first-order valence-electron chi connectivity index (χ1n) is 25.6. The molecule has 8 atom stereocenters. The average molecular weight is 1050 g/mol. The van der Waals surface area contributed by atoms with E-state index in [1.807, 2.05) is 0 Å². The fourth-order valence-corrected chi connectivity index (χ4v) is 20.4. The van der Waals surface area contributed by atoms with Gasteiger partial charge in [-0.1, -0.05) is 218 Å². The van der Waals surface area contributed by atoms with Crippen molar-refractivity contribution in [2.24, 2.45) is 46.3 Å². The van der Waals surface area contributed by atoms with Crippen LogP contribution < -0.4 is 0 Å². The van der Waals surface area contributed by atoms with Crippen LogP contribution in [0.4, 0.5) is 0 Å². The molecule has 6 aliphatic carbocycles. The van der Waals surface area contributed by atoms with E-state index in [0.29, 0.717) is 46.6 Å². The number of halogens is 2. The third-order valence-corrected chi connectivity index (χ3v) is 22.7. The Morgan fingerprint density at radius 1 is 0.441 bits per heavy atom. The summed E-state index contributed by atoms with van der Waals surface area (Å²) in [4.78, 5) is 0. The third kappa shape index (κ3) is 11.6. The maximum atomic E-state index is 4.93. The fraction of sp³-hybridized carbons (Fsp3) is 0.531. The summed E-state index contributed by atoms with van der Waals surface area (Å²) in [6.45, 7) is 39.5. The van der Waals surface area contributed by atoms with Gasteiger partial charge in [0.1, 0.15) is 0 Å².